The van der Waals surface area contributed by atoms with Gasteiger partial charge in [0.15, 0.2) is 5.96 Å². The molecule has 0 aliphatic carbocycles. The summed E-state index contributed by atoms with van der Waals surface area (Å²) in [5, 5.41) is 6.12. The smallest absolute Gasteiger partial charge is 0.251 e. The molecule has 1 atom stereocenters. The maximum Gasteiger partial charge on any atom is 0.251 e. The van der Waals surface area contributed by atoms with E-state index in [9.17, 15) is 4.79 Å². The lowest BCUT2D eigenvalue weighted by atomic mass is 10.0. The van der Waals surface area contributed by atoms with E-state index in [-0.39, 0.29) is 29.9 Å². The molecule has 1 aromatic carbocycles. The Kier molecular flexibility index (Phi) is 13.1. The van der Waals surface area contributed by atoms with Gasteiger partial charge >= 0.3 is 0 Å². The number of amides is 1. The summed E-state index contributed by atoms with van der Waals surface area (Å²) in [4.78, 5) is 16.4. The topological polar surface area (TPSA) is 79.5 Å². The van der Waals surface area contributed by atoms with Crippen molar-refractivity contribution >= 4 is 35.8 Å². The van der Waals surface area contributed by atoms with Gasteiger partial charge in [0.2, 0.25) is 0 Å². The fourth-order valence-corrected chi connectivity index (χ4v) is 2.53. The molecule has 0 heterocycles. The lowest BCUT2D eigenvalue weighted by molar-refractivity contribution is 0.0953. The number of carbonyl (C=O) groups is 1. The van der Waals surface area contributed by atoms with Gasteiger partial charge in [-0.2, -0.15) is 0 Å². The number of hydrogen-bond donors (Lipinski definition) is 3. The van der Waals surface area contributed by atoms with Gasteiger partial charge in [-0.25, -0.2) is 4.99 Å². The van der Waals surface area contributed by atoms with Gasteiger partial charge < -0.3 is 16.4 Å². The first-order valence-electron chi connectivity index (χ1n) is 9.36. The molecule has 4 N–H and O–H groups in total. The Labute approximate surface area is 175 Å². The number of halogens is 1. The number of nitrogens with one attached hydrogen (secondary N) is 2. The minimum absolute atomic E-state index is 0. The highest BCUT2D eigenvalue weighted by atomic mass is 127. The molecule has 0 aliphatic heterocycles. The molecule has 0 fully saturated rings. The maximum absolute atomic E-state index is 12.0. The number of aliphatic imine (C=N–C) groups is 1. The highest BCUT2D eigenvalue weighted by Crippen LogP contribution is 2.09. The third-order valence-electron chi connectivity index (χ3n) is 3.97. The van der Waals surface area contributed by atoms with E-state index >= 15 is 0 Å². The number of carbonyl (C=O) groups excluding carboxylic acids is 1. The summed E-state index contributed by atoms with van der Waals surface area (Å²) in [6.07, 6.45) is 4.43. The van der Waals surface area contributed by atoms with Crippen molar-refractivity contribution in [3.05, 3.63) is 35.4 Å². The number of rotatable bonds is 10. The van der Waals surface area contributed by atoms with Crippen LogP contribution in [0.4, 0.5) is 0 Å². The molecule has 0 aliphatic rings. The van der Waals surface area contributed by atoms with Crippen LogP contribution in [0.15, 0.2) is 29.3 Å². The van der Waals surface area contributed by atoms with E-state index in [1.165, 1.54) is 12.8 Å². The SMILES string of the molecule is CCCNC(=O)c1cccc(CN=C(N)NC(C)CCCC(C)C)c1.I. The van der Waals surface area contributed by atoms with Crippen molar-refractivity contribution in [1.29, 1.82) is 0 Å². The molecule has 0 bridgehead atoms. The van der Waals surface area contributed by atoms with Crippen LogP contribution < -0.4 is 16.4 Å². The zero-order chi connectivity index (χ0) is 18.7. The van der Waals surface area contributed by atoms with Crippen LogP contribution in [0.2, 0.25) is 0 Å². The fourth-order valence-electron chi connectivity index (χ4n) is 2.53. The summed E-state index contributed by atoms with van der Waals surface area (Å²) in [6.45, 7) is 9.79. The van der Waals surface area contributed by atoms with Gasteiger partial charge in [0.25, 0.3) is 5.91 Å². The summed E-state index contributed by atoms with van der Waals surface area (Å²) in [7, 11) is 0. The van der Waals surface area contributed by atoms with E-state index < -0.39 is 0 Å². The minimum atomic E-state index is -0.0439. The van der Waals surface area contributed by atoms with E-state index in [1.807, 2.05) is 31.2 Å². The van der Waals surface area contributed by atoms with Crippen LogP contribution in [-0.2, 0) is 6.54 Å². The first-order valence-corrected chi connectivity index (χ1v) is 9.36. The molecule has 0 saturated heterocycles. The normalized spacial score (nSPS) is 12.4. The molecule has 0 saturated carbocycles. The fraction of sp³-hybridized carbons (Fsp3) is 0.600. The number of nitrogens with two attached hydrogens (primary N) is 1. The average molecular weight is 474 g/mol. The van der Waals surface area contributed by atoms with Gasteiger partial charge in [-0.05, 0) is 43.4 Å². The van der Waals surface area contributed by atoms with Gasteiger partial charge in [0.1, 0.15) is 0 Å². The molecular formula is C20H35IN4O. The van der Waals surface area contributed by atoms with Crippen molar-refractivity contribution in [2.75, 3.05) is 6.54 Å². The lowest BCUT2D eigenvalue weighted by Crippen LogP contribution is -2.38. The Morgan fingerprint density at radius 3 is 2.62 bits per heavy atom. The lowest BCUT2D eigenvalue weighted by Gasteiger charge is -2.15. The van der Waals surface area contributed by atoms with E-state index in [0.29, 0.717) is 30.7 Å². The zero-order valence-corrected chi connectivity index (χ0v) is 18.9. The molecule has 1 aromatic rings. The second-order valence-electron chi connectivity index (χ2n) is 7.03. The first-order chi connectivity index (χ1) is 11.9. The number of hydrogen-bond acceptors (Lipinski definition) is 2. The van der Waals surface area contributed by atoms with Crippen LogP contribution in [0.25, 0.3) is 0 Å². The van der Waals surface area contributed by atoms with Crippen LogP contribution in [0.3, 0.4) is 0 Å². The molecule has 5 nitrogen and oxygen atoms in total. The summed E-state index contributed by atoms with van der Waals surface area (Å²) in [5.41, 5.74) is 7.61. The van der Waals surface area contributed by atoms with Gasteiger partial charge in [-0.15, -0.1) is 24.0 Å². The molecule has 0 spiro atoms. The Morgan fingerprint density at radius 2 is 1.96 bits per heavy atom. The Bertz CT molecular complexity index is 560. The van der Waals surface area contributed by atoms with Crippen molar-refractivity contribution in [3.63, 3.8) is 0 Å². The van der Waals surface area contributed by atoms with Gasteiger partial charge in [0.05, 0.1) is 6.54 Å². The Balaban J connectivity index is 0.00000625. The van der Waals surface area contributed by atoms with E-state index in [2.05, 4.69) is 36.4 Å². The third kappa shape index (κ3) is 10.6. The van der Waals surface area contributed by atoms with Crippen LogP contribution in [0, 0.1) is 5.92 Å². The Hall–Kier alpha value is -1.31. The number of benzene rings is 1. The first kappa shape index (κ1) is 24.7. The summed E-state index contributed by atoms with van der Waals surface area (Å²) >= 11 is 0. The number of guanidine groups is 1. The maximum atomic E-state index is 12.0. The van der Waals surface area contributed by atoms with Crippen LogP contribution in [0.1, 0.15) is 69.3 Å². The molecule has 26 heavy (non-hydrogen) atoms. The molecule has 1 unspecified atom stereocenters. The van der Waals surface area contributed by atoms with Crippen LogP contribution in [0.5, 0.6) is 0 Å². The second-order valence-corrected chi connectivity index (χ2v) is 7.03. The van der Waals surface area contributed by atoms with Crippen molar-refractivity contribution in [3.8, 4) is 0 Å². The molecular weight excluding hydrogens is 439 g/mol. The summed E-state index contributed by atoms with van der Waals surface area (Å²) < 4.78 is 0. The largest absolute Gasteiger partial charge is 0.370 e. The van der Waals surface area contributed by atoms with E-state index in [0.717, 1.165) is 24.3 Å². The number of nitrogens with zero attached hydrogens (tertiary/aromatic N) is 1. The molecule has 6 heteroatoms. The highest BCUT2D eigenvalue weighted by molar-refractivity contribution is 14.0. The van der Waals surface area contributed by atoms with E-state index in [4.69, 9.17) is 5.73 Å². The third-order valence-corrected chi connectivity index (χ3v) is 3.97. The quantitative estimate of drug-likeness (QED) is 0.272. The van der Waals surface area contributed by atoms with Crippen molar-refractivity contribution in [2.45, 2.75) is 66.0 Å². The van der Waals surface area contributed by atoms with Crippen molar-refractivity contribution in [1.82, 2.24) is 10.6 Å². The molecule has 0 radical (unpaired) electrons. The summed E-state index contributed by atoms with van der Waals surface area (Å²) in [5.74, 6) is 1.15. The molecule has 1 amide bonds. The zero-order valence-electron chi connectivity index (χ0n) is 16.5. The Morgan fingerprint density at radius 1 is 1.23 bits per heavy atom. The van der Waals surface area contributed by atoms with Gasteiger partial charge in [-0.3, -0.25) is 4.79 Å². The second kappa shape index (κ2) is 13.8. The van der Waals surface area contributed by atoms with Gasteiger partial charge in [0, 0.05) is 18.2 Å². The minimum Gasteiger partial charge on any atom is -0.370 e. The molecule has 1 rings (SSSR count). The predicted octanol–water partition coefficient (Wildman–Crippen LogP) is 4.06. The summed E-state index contributed by atoms with van der Waals surface area (Å²) in [6, 6.07) is 7.84. The standard InChI is InChI=1S/C20H34N4O.HI/c1-5-12-22-19(25)18-11-7-10-17(13-18)14-23-20(21)24-16(4)9-6-8-15(2)3;/h7,10-11,13,15-16H,5-6,8-9,12,14H2,1-4H3,(H,22,25)(H3,21,23,24);1H. The van der Waals surface area contributed by atoms with Crippen LogP contribution >= 0.6 is 24.0 Å². The van der Waals surface area contributed by atoms with Crippen molar-refractivity contribution < 1.29 is 4.79 Å². The van der Waals surface area contributed by atoms with E-state index in [1.54, 1.807) is 0 Å². The molecule has 0 aromatic heterocycles. The highest BCUT2D eigenvalue weighted by Gasteiger charge is 2.06. The average Bonchev–Trinajstić information content (AvgIpc) is 2.57. The monoisotopic (exact) mass is 474 g/mol. The van der Waals surface area contributed by atoms with Gasteiger partial charge in [-0.1, -0.05) is 45.7 Å². The molecule has 148 valence electrons. The van der Waals surface area contributed by atoms with Crippen LogP contribution in [-0.4, -0.2) is 24.5 Å². The van der Waals surface area contributed by atoms with Crippen molar-refractivity contribution in [2.24, 2.45) is 16.6 Å². The predicted molar refractivity (Wildman–Crippen MR) is 121 cm³/mol.